The summed E-state index contributed by atoms with van der Waals surface area (Å²) in [6.07, 6.45) is 4.79. The number of hydrogen-bond donors (Lipinski definition) is 1. The Bertz CT molecular complexity index is 647. The van der Waals surface area contributed by atoms with Crippen molar-refractivity contribution in [2.75, 3.05) is 7.05 Å². The van der Waals surface area contributed by atoms with Crippen LogP contribution >= 0.6 is 10.7 Å². The van der Waals surface area contributed by atoms with E-state index < -0.39 is 9.05 Å². The fourth-order valence-electron chi connectivity index (χ4n) is 2.49. The topological polar surface area (TPSA) is 83.1 Å². The van der Waals surface area contributed by atoms with Crippen LogP contribution in [-0.2, 0) is 9.05 Å². The van der Waals surface area contributed by atoms with E-state index in [-0.39, 0.29) is 28.5 Å². The zero-order valence-corrected chi connectivity index (χ0v) is 12.7. The highest BCUT2D eigenvalue weighted by molar-refractivity contribution is 8.13. The van der Waals surface area contributed by atoms with Crippen LogP contribution in [0.1, 0.15) is 54.2 Å². The molecule has 0 unspecified atom stereocenters. The molecule has 0 spiro atoms. The Balaban J connectivity index is 1.98. The molecule has 20 heavy (non-hydrogen) atoms. The molecule has 0 aromatic carbocycles. The second kappa shape index (κ2) is 4.73. The van der Waals surface area contributed by atoms with Gasteiger partial charge in [-0.05, 0) is 32.1 Å². The van der Waals surface area contributed by atoms with Crippen molar-refractivity contribution in [3.8, 4) is 0 Å². The molecule has 110 valence electrons. The zero-order valence-electron chi connectivity index (χ0n) is 11.1. The van der Waals surface area contributed by atoms with Gasteiger partial charge in [-0.3, -0.25) is 9.89 Å². The Hall–Kier alpha value is -1.08. The van der Waals surface area contributed by atoms with Gasteiger partial charge in [-0.2, -0.15) is 5.10 Å². The summed E-state index contributed by atoms with van der Waals surface area (Å²) in [6.45, 7) is 0. The van der Waals surface area contributed by atoms with Crippen molar-refractivity contribution in [2.45, 2.75) is 49.0 Å². The Morgan fingerprint density at radius 3 is 2.45 bits per heavy atom. The average Bonchev–Trinajstić information content (AvgIpc) is 3.03. The van der Waals surface area contributed by atoms with E-state index in [0.29, 0.717) is 5.69 Å². The highest BCUT2D eigenvalue weighted by Gasteiger charge is 2.38. The second-order valence-electron chi connectivity index (χ2n) is 5.53. The molecule has 0 aliphatic heterocycles. The van der Waals surface area contributed by atoms with Crippen molar-refractivity contribution in [3.05, 3.63) is 11.4 Å². The number of nitrogens with zero attached hydrogens (tertiary/aromatic N) is 2. The van der Waals surface area contributed by atoms with Gasteiger partial charge in [0.25, 0.3) is 15.0 Å². The third-order valence-electron chi connectivity index (χ3n) is 4.12. The van der Waals surface area contributed by atoms with Gasteiger partial charge in [0, 0.05) is 29.7 Å². The lowest BCUT2D eigenvalue weighted by molar-refractivity contribution is 0.0642. The van der Waals surface area contributed by atoms with Crippen molar-refractivity contribution in [1.82, 2.24) is 15.1 Å². The summed E-state index contributed by atoms with van der Waals surface area (Å²) in [7, 11) is 3.19. The van der Waals surface area contributed by atoms with Gasteiger partial charge in [0.1, 0.15) is 4.90 Å². The third-order valence-corrected chi connectivity index (χ3v) is 5.49. The van der Waals surface area contributed by atoms with Crippen molar-refractivity contribution in [3.63, 3.8) is 0 Å². The van der Waals surface area contributed by atoms with Crippen LogP contribution < -0.4 is 0 Å². The molecule has 2 fully saturated rings. The van der Waals surface area contributed by atoms with E-state index in [4.69, 9.17) is 10.7 Å². The van der Waals surface area contributed by atoms with E-state index >= 15 is 0 Å². The number of carbonyl (C=O) groups is 1. The van der Waals surface area contributed by atoms with Gasteiger partial charge < -0.3 is 4.90 Å². The maximum Gasteiger partial charge on any atom is 0.275 e. The molecule has 1 N–H and O–H groups in total. The highest BCUT2D eigenvalue weighted by atomic mass is 35.7. The standard InChI is InChI=1S/C12H16ClN3O3S/c1-16(8-3-2-4-8)12(17)10-11(20(13,18)19)9(14-15-10)7-5-6-7/h7-8H,2-6H2,1H3,(H,14,15). The Morgan fingerprint density at radius 1 is 1.35 bits per heavy atom. The Morgan fingerprint density at radius 2 is 2.00 bits per heavy atom. The van der Waals surface area contributed by atoms with Crippen LogP contribution in [-0.4, -0.2) is 42.5 Å². The van der Waals surface area contributed by atoms with E-state index in [9.17, 15) is 13.2 Å². The van der Waals surface area contributed by atoms with Crippen LogP contribution in [0.2, 0.25) is 0 Å². The van der Waals surface area contributed by atoms with E-state index in [1.54, 1.807) is 11.9 Å². The summed E-state index contributed by atoms with van der Waals surface area (Å²) in [5, 5.41) is 6.62. The molecule has 2 saturated carbocycles. The lowest BCUT2D eigenvalue weighted by Gasteiger charge is -2.34. The summed E-state index contributed by atoms with van der Waals surface area (Å²) in [5.41, 5.74) is 0.404. The summed E-state index contributed by atoms with van der Waals surface area (Å²) in [5.74, 6) is -0.251. The number of H-pyrrole nitrogens is 1. The minimum absolute atomic E-state index is 0.0729. The molecule has 0 radical (unpaired) electrons. The molecular formula is C12H16ClN3O3S. The number of rotatable bonds is 4. The summed E-state index contributed by atoms with van der Waals surface area (Å²) >= 11 is 0. The van der Waals surface area contributed by atoms with Gasteiger partial charge in [-0.25, -0.2) is 8.42 Å². The molecule has 1 amide bonds. The van der Waals surface area contributed by atoms with Crippen LogP contribution in [0.5, 0.6) is 0 Å². The number of aromatic nitrogens is 2. The molecule has 1 aromatic rings. The number of halogens is 1. The van der Waals surface area contributed by atoms with Gasteiger partial charge in [0.2, 0.25) is 0 Å². The summed E-state index contributed by atoms with van der Waals surface area (Å²) < 4.78 is 23.6. The SMILES string of the molecule is CN(C(=O)c1n[nH]c(C2CC2)c1S(=O)(=O)Cl)C1CCC1. The van der Waals surface area contributed by atoms with Gasteiger partial charge in [0.15, 0.2) is 5.69 Å². The third kappa shape index (κ3) is 2.33. The second-order valence-corrected chi connectivity index (χ2v) is 8.03. The van der Waals surface area contributed by atoms with E-state index in [1.807, 2.05) is 0 Å². The van der Waals surface area contributed by atoms with Crippen LogP contribution in [0.3, 0.4) is 0 Å². The monoisotopic (exact) mass is 317 g/mol. The number of amides is 1. The summed E-state index contributed by atoms with van der Waals surface area (Å²) in [6, 6.07) is 0.175. The molecule has 1 heterocycles. The normalized spacial score (nSPS) is 19.7. The molecular weight excluding hydrogens is 302 g/mol. The van der Waals surface area contributed by atoms with Crippen molar-refractivity contribution < 1.29 is 13.2 Å². The molecule has 0 atom stereocenters. The van der Waals surface area contributed by atoms with Crippen LogP contribution in [0, 0.1) is 0 Å². The van der Waals surface area contributed by atoms with E-state index in [0.717, 1.165) is 32.1 Å². The number of nitrogens with one attached hydrogen (secondary N) is 1. The quantitative estimate of drug-likeness (QED) is 0.859. The fraction of sp³-hybridized carbons (Fsp3) is 0.667. The first-order valence-corrected chi connectivity index (χ1v) is 9.00. The average molecular weight is 318 g/mol. The number of hydrogen-bond acceptors (Lipinski definition) is 4. The smallest absolute Gasteiger partial charge is 0.275 e. The maximum absolute atomic E-state index is 12.4. The highest BCUT2D eigenvalue weighted by Crippen LogP contribution is 2.43. The van der Waals surface area contributed by atoms with Crippen molar-refractivity contribution >= 4 is 25.6 Å². The zero-order chi connectivity index (χ0) is 14.5. The van der Waals surface area contributed by atoms with Gasteiger partial charge in [-0.1, -0.05) is 0 Å². The Kier molecular flexibility index (Phi) is 3.29. The number of aromatic amines is 1. The lowest BCUT2D eigenvalue weighted by Crippen LogP contribution is -2.41. The van der Waals surface area contributed by atoms with Crippen molar-refractivity contribution in [2.24, 2.45) is 0 Å². The molecule has 6 nitrogen and oxygen atoms in total. The van der Waals surface area contributed by atoms with Crippen LogP contribution in [0.15, 0.2) is 4.90 Å². The first kappa shape index (κ1) is 13.9. The maximum atomic E-state index is 12.4. The van der Waals surface area contributed by atoms with E-state index in [2.05, 4.69) is 10.2 Å². The first-order valence-electron chi connectivity index (χ1n) is 6.69. The molecule has 2 aliphatic rings. The minimum atomic E-state index is -3.99. The predicted molar refractivity (Wildman–Crippen MR) is 73.3 cm³/mol. The first-order chi connectivity index (χ1) is 9.39. The Labute approximate surface area is 121 Å². The molecule has 0 bridgehead atoms. The van der Waals surface area contributed by atoms with E-state index in [1.165, 1.54) is 0 Å². The lowest BCUT2D eigenvalue weighted by atomic mass is 9.92. The molecule has 2 aliphatic carbocycles. The van der Waals surface area contributed by atoms with Crippen LogP contribution in [0.4, 0.5) is 0 Å². The minimum Gasteiger partial charge on any atom is -0.337 e. The largest absolute Gasteiger partial charge is 0.337 e. The van der Waals surface area contributed by atoms with Gasteiger partial charge >= 0.3 is 0 Å². The van der Waals surface area contributed by atoms with Gasteiger partial charge in [-0.15, -0.1) is 0 Å². The fourth-order valence-corrected chi connectivity index (χ4v) is 3.80. The molecule has 0 saturated heterocycles. The predicted octanol–water partition coefficient (Wildman–Crippen LogP) is 1.84. The van der Waals surface area contributed by atoms with Gasteiger partial charge in [0.05, 0.1) is 5.69 Å². The van der Waals surface area contributed by atoms with Crippen LogP contribution in [0.25, 0.3) is 0 Å². The summed E-state index contributed by atoms with van der Waals surface area (Å²) in [4.78, 5) is 13.9. The molecule has 8 heteroatoms. The van der Waals surface area contributed by atoms with Crippen molar-refractivity contribution in [1.29, 1.82) is 0 Å². The number of carbonyl (C=O) groups excluding carboxylic acids is 1. The molecule has 3 rings (SSSR count). The molecule has 1 aromatic heterocycles.